The van der Waals surface area contributed by atoms with Crippen molar-refractivity contribution in [1.82, 2.24) is 4.90 Å². The van der Waals surface area contributed by atoms with Gasteiger partial charge in [0.2, 0.25) is 0 Å². The summed E-state index contributed by atoms with van der Waals surface area (Å²) in [4.78, 5) is 13.6. The average molecular weight is 295 g/mol. The van der Waals surface area contributed by atoms with Crippen LogP contribution in [-0.2, 0) is 11.2 Å². The van der Waals surface area contributed by atoms with E-state index in [2.05, 4.69) is 42.2 Å². The van der Waals surface area contributed by atoms with Crippen molar-refractivity contribution in [3.63, 3.8) is 0 Å². The number of aryl methyl sites for hydroxylation is 1. The van der Waals surface area contributed by atoms with Gasteiger partial charge in [0.15, 0.2) is 0 Å². The summed E-state index contributed by atoms with van der Waals surface area (Å²) in [7, 11) is 0. The minimum Gasteiger partial charge on any atom is -0.480 e. The van der Waals surface area contributed by atoms with E-state index in [4.69, 9.17) is 0 Å². The van der Waals surface area contributed by atoms with Gasteiger partial charge in [-0.15, -0.1) is 0 Å². The lowest BCUT2D eigenvalue weighted by Gasteiger charge is -2.40. The molecular formula is C19H21NO2. The molecule has 0 saturated carbocycles. The number of nitrogens with zero attached hydrogens (tertiary/aromatic N) is 1. The van der Waals surface area contributed by atoms with Crippen molar-refractivity contribution < 1.29 is 9.90 Å². The summed E-state index contributed by atoms with van der Waals surface area (Å²) in [5, 5.41) is 9.47. The van der Waals surface area contributed by atoms with Crippen LogP contribution in [0.15, 0.2) is 48.5 Å². The molecular weight excluding hydrogens is 274 g/mol. The van der Waals surface area contributed by atoms with Gasteiger partial charge in [0.1, 0.15) is 6.04 Å². The fourth-order valence-electron chi connectivity index (χ4n) is 3.38. The van der Waals surface area contributed by atoms with Crippen molar-refractivity contribution in [2.24, 2.45) is 0 Å². The molecule has 0 bridgehead atoms. The Morgan fingerprint density at radius 3 is 2.45 bits per heavy atom. The van der Waals surface area contributed by atoms with Crippen LogP contribution in [0.25, 0.3) is 0 Å². The summed E-state index contributed by atoms with van der Waals surface area (Å²) in [6.45, 7) is 4.64. The van der Waals surface area contributed by atoms with Gasteiger partial charge in [0.25, 0.3) is 0 Å². The second-order valence-corrected chi connectivity index (χ2v) is 5.96. The quantitative estimate of drug-likeness (QED) is 0.943. The normalized spacial score (nSPS) is 19.5. The molecule has 1 aliphatic rings. The Bertz CT molecular complexity index is 695. The van der Waals surface area contributed by atoms with Crippen molar-refractivity contribution in [1.29, 1.82) is 0 Å². The second kappa shape index (κ2) is 5.93. The molecule has 0 aliphatic carbocycles. The van der Waals surface area contributed by atoms with Gasteiger partial charge in [-0.2, -0.15) is 0 Å². The Kier molecular flexibility index (Phi) is 3.99. The zero-order chi connectivity index (χ0) is 15.7. The molecule has 1 heterocycles. The van der Waals surface area contributed by atoms with Gasteiger partial charge >= 0.3 is 5.97 Å². The molecule has 2 aromatic rings. The van der Waals surface area contributed by atoms with Crippen molar-refractivity contribution in [3.8, 4) is 0 Å². The minimum atomic E-state index is -0.766. The average Bonchev–Trinajstić information content (AvgIpc) is 2.53. The number of carboxylic acids is 1. The third kappa shape index (κ3) is 2.53. The first-order valence-electron chi connectivity index (χ1n) is 7.71. The van der Waals surface area contributed by atoms with Crippen molar-refractivity contribution >= 4 is 5.97 Å². The van der Waals surface area contributed by atoms with Crippen LogP contribution >= 0.6 is 0 Å². The summed E-state index contributed by atoms with van der Waals surface area (Å²) >= 11 is 0. The smallest absolute Gasteiger partial charge is 0.320 e. The van der Waals surface area contributed by atoms with E-state index >= 15 is 0 Å². The van der Waals surface area contributed by atoms with Crippen LogP contribution in [0.2, 0.25) is 0 Å². The third-order valence-corrected chi connectivity index (χ3v) is 4.66. The molecule has 0 amide bonds. The van der Waals surface area contributed by atoms with Crippen LogP contribution in [0.4, 0.5) is 0 Å². The Balaban J connectivity index is 2.14. The van der Waals surface area contributed by atoms with E-state index in [-0.39, 0.29) is 6.04 Å². The largest absolute Gasteiger partial charge is 0.480 e. The third-order valence-electron chi connectivity index (χ3n) is 4.66. The highest BCUT2D eigenvalue weighted by atomic mass is 16.4. The zero-order valence-corrected chi connectivity index (χ0v) is 13.0. The first-order valence-corrected chi connectivity index (χ1v) is 7.71. The molecule has 22 heavy (non-hydrogen) atoms. The van der Waals surface area contributed by atoms with Crippen LogP contribution in [0.1, 0.15) is 35.2 Å². The number of hydrogen-bond acceptors (Lipinski definition) is 2. The Morgan fingerprint density at radius 2 is 1.77 bits per heavy atom. The van der Waals surface area contributed by atoms with E-state index in [1.165, 1.54) is 22.3 Å². The van der Waals surface area contributed by atoms with Crippen LogP contribution < -0.4 is 0 Å². The molecule has 1 N–H and O–H groups in total. The Labute approximate surface area is 131 Å². The summed E-state index contributed by atoms with van der Waals surface area (Å²) in [6.07, 6.45) is 0.899. The summed E-state index contributed by atoms with van der Waals surface area (Å²) in [5.74, 6) is -0.766. The second-order valence-electron chi connectivity index (χ2n) is 5.96. The molecule has 1 aliphatic heterocycles. The van der Waals surface area contributed by atoms with E-state index in [1.807, 2.05) is 18.2 Å². The SMILES string of the molecule is Cc1ccccc1C1c2ccccc2CCN1[C@@H](C)C(=O)O. The molecule has 3 heteroatoms. The number of rotatable bonds is 3. The van der Waals surface area contributed by atoms with Crippen LogP contribution in [0.5, 0.6) is 0 Å². The minimum absolute atomic E-state index is 0.0113. The molecule has 3 nitrogen and oxygen atoms in total. The van der Waals surface area contributed by atoms with E-state index < -0.39 is 12.0 Å². The van der Waals surface area contributed by atoms with Crippen molar-refractivity contribution in [2.75, 3.05) is 6.54 Å². The number of fused-ring (bicyclic) bond motifs is 1. The lowest BCUT2D eigenvalue weighted by molar-refractivity contribution is -0.143. The molecule has 1 unspecified atom stereocenters. The highest BCUT2D eigenvalue weighted by Crippen LogP contribution is 2.37. The maximum Gasteiger partial charge on any atom is 0.320 e. The molecule has 0 fully saturated rings. The highest BCUT2D eigenvalue weighted by Gasteiger charge is 2.34. The van der Waals surface area contributed by atoms with Gasteiger partial charge in [-0.05, 0) is 42.5 Å². The van der Waals surface area contributed by atoms with Crippen LogP contribution in [0, 0.1) is 6.92 Å². The summed E-state index contributed by atoms with van der Waals surface area (Å²) in [6, 6.07) is 16.2. The van der Waals surface area contributed by atoms with Gasteiger partial charge in [-0.1, -0.05) is 48.5 Å². The molecule has 114 valence electrons. The lowest BCUT2D eigenvalue weighted by atomic mass is 9.85. The van der Waals surface area contributed by atoms with Crippen molar-refractivity contribution in [3.05, 3.63) is 70.8 Å². The van der Waals surface area contributed by atoms with E-state index in [1.54, 1.807) is 6.92 Å². The van der Waals surface area contributed by atoms with Gasteiger partial charge < -0.3 is 5.11 Å². The molecule has 2 atom stereocenters. The number of carbonyl (C=O) groups is 1. The predicted molar refractivity (Wildman–Crippen MR) is 87.0 cm³/mol. The van der Waals surface area contributed by atoms with Gasteiger partial charge in [-0.3, -0.25) is 9.69 Å². The first-order chi connectivity index (χ1) is 10.6. The molecule has 2 aromatic carbocycles. The predicted octanol–water partition coefficient (Wildman–Crippen LogP) is 3.42. The van der Waals surface area contributed by atoms with Crippen LogP contribution in [0.3, 0.4) is 0 Å². The molecule has 0 radical (unpaired) electrons. The summed E-state index contributed by atoms with van der Waals surface area (Å²) < 4.78 is 0. The maximum atomic E-state index is 11.5. The van der Waals surface area contributed by atoms with Gasteiger partial charge in [-0.25, -0.2) is 0 Å². The number of hydrogen-bond donors (Lipinski definition) is 1. The van der Waals surface area contributed by atoms with Gasteiger partial charge in [0.05, 0.1) is 6.04 Å². The van der Waals surface area contributed by atoms with Crippen LogP contribution in [-0.4, -0.2) is 28.6 Å². The standard InChI is InChI=1S/C19H21NO2/c1-13-7-3-5-9-16(13)18-17-10-6-4-8-15(17)11-12-20(18)14(2)19(21)22/h3-10,14,18H,11-12H2,1-2H3,(H,21,22)/t14-,18?/m0/s1. The fraction of sp³-hybridized carbons (Fsp3) is 0.316. The molecule has 0 saturated heterocycles. The molecule has 0 spiro atoms. The topological polar surface area (TPSA) is 40.5 Å². The monoisotopic (exact) mass is 295 g/mol. The number of benzene rings is 2. The number of aliphatic carboxylic acids is 1. The lowest BCUT2D eigenvalue weighted by Crippen LogP contribution is -2.45. The first kappa shape index (κ1) is 14.8. The molecule has 0 aromatic heterocycles. The fourth-order valence-corrected chi connectivity index (χ4v) is 3.38. The molecule has 3 rings (SSSR count). The zero-order valence-electron chi connectivity index (χ0n) is 13.0. The summed E-state index contributed by atoms with van der Waals surface area (Å²) in [5.41, 5.74) is 4.95. The Morgan fingerprint density at radius 1 is 1.14 bits per heavy atom. The van der Waals surface area contributed by atoms with E-state index in [0.29, 0.717) is 0 Å². The van der Waals surface area contributed by atoms with E-state index in [9.17, 15) is 9.90 Å². The highest BCUT2D eigenvalue weighted by molar-refractivity contribution is 5.73. The van der Waals surface area contributed by atoms with E-state index in [0.717, 1.165) is 13.0 Å². The van der Waals surface area contributed by atoms with Crippen molar-refractivity contribution in [2.45, 2.75) is 32.4 Å². The van der Waals surface area contributed by atoms with Gasteiger partial charge in [0, 0.05) is 6.54 Å². The Hall–Kier alpha value is -2.13. The maximum absolute atomic E-state index is 11.5. The number of carboxylic acid groups (broad SMARTS) is 1.